The molecule has 3 rings (SSSR count). The highest BCUT2D eigenvalue weighted by molar-refractivity contribution is 5.77. The summed E-state index contributed by atoms with van der Waals surface area (Å²) in [5.74, 6) is 0.993. The van der Waals surface area contributed by atoms with Gasteiger partial charge in [0.25, 0.3) is 0 Å². The predicted molar refractivity (Wildman–Crippen MR) is 97.5 cm³/mol. The molecule has 5 heteroatoms. The minimum atomic E-state index is 0.0530. The Kier molecular flexibility index (Phi) is 5.34. The second-order valence-electron chi connectivity index (χ2n) is 6.50. The maximum Gasteiger partial charge on any atom is 0.221 e. The summed E-state index contributed by atoms with van der Waals surface area (Å²) in [5, 5.41) is 2.98. The highest BCUT2D eigenvalue weighted by Gasteiger charge is 2.27. The standard InChI is InChI=1S/C20H25N3O2/c1-14-12-22-17(15(2)20(14)25-3)13-23-10-9-21-19(24)11-18(23)16-7-5-4-6-8-16/h4-8,12,18H,9-11,13H2,1-3H3,(H,21,24). The van der Waals surface area contributed by atoms with E-state index in [9.17, 15) is 4.79 Å². The van der Waals surface area contributed by atoms with Gasteiger partial charge in [-0.3, -0.25) is 14.7 Å². The van der Waals surface area contributed by atoms with Crippen molar-refractivity contribution in [2.75, 3.05) is 20.2 Å². The second-order valence-corrected chi connectivity index (χ2v) is 6.50. The van der Waals surface area contributed by atoms with Crippen LogP contribution in [0.5, 0.6) is 5.75 Å². The van der Waals surface area contributed by atoms with Gasteiger partial charge in [-0.15, -0.1) is 0 Å². The molecule has 2 heterocycles. The molecule has 1 aliphatic heterocycles. The van der Waals surface area contributed by atoms with Gasteiger partial charge in [-0.1, -0.05) is 30.3 Å². The third-order valence-electron chi connectivity index (χ3n) is 4.83. The molecule has 1 unspecified atom stereocenters. The number of hydrogen-bond acceptors (Lipinski definition) is 4. The van der Waals surface area contributed by atoms with Crippen molar-refractivity contribution >= 4 is 5.91 Å². The first-order valence-electron chi connectivity index (χ1n) is 8.65. The van der Waals surface area contributed by atoms with Crippen molar-refractivity contribution in [1.82, 2.24) is 15.2 Å². The van der Waals surface area contributed by atoms with Crippen LogP contribution in [0.2, 0.25) is 0 Å². The molecule has 1 atom stereocenters. The number of aromatic nitrogens is 1. The van der Waals surface area contributed by atoms with Crippen molar-refractivity contribution in [1.29, 1.82) is 0 Å². The van der Waals surface area contributed by atoms with Crippen molar-refractivity contribution < 1.29 is 9.53 Å². The summed E-state index contributed by atoms with van der Waals surface area (Å²) in [5.41, 5.74) is 4.27. The van der Waals surface area contributed by atoms with Crippen LogP contribution < -0.4 is 10.1 Å². The van der Waals surface area contributed by atoms with Crippen molar-refractivity contribution in [3.8, 4) is 5.75 Å². The van der Waals surface area contributed by atoms with Gasteiger partial charge in [-0.25, -0.2) is 0 Å². The molecule has 0 radical (unpaired) electrons. The molecule has 1 saturated heterocycles. The molecular formula is C20H25N3O2. The van der Waals surface area contributed by atoms with Gasteiger partial charge in [-0.2, -0.15) is 0 Å². The van der Waals surface area contributed by atoms with Gasteiger partial charge in [0.1, 0.15) is 5.75 Å². The minimum Gasteiger partial charge on any atom is -0.496 e. The SMILES string of the molecule is COc1c(C)cnc(CN2CCNC(=O)CC2c2ccccc2)c1C. The van der Waals surface area contributed by atoms with E-state index in [1.54, 1.807) is 7.11 Å². The molecule has 1 fully saturated rings. The third-order valence-corrected chi connectivity index (χ3v) is 4.83. The Morgan fingerprint density at radius 2 is 2.04 bits per heavy atom. The van der Waals surface area contributed by atoms with Crippen molar-refractivity contribution in [2.45, 2.75) is 32.9 Å². The van der Waals surface area contributed by atoms with E-state index in [-0.39, 0.29) is 11.9 Å². The van der Waals surface area contributed by atoms with Crippen molar-refractivity contribution in [3.05, 3.63) is 58.9 Å². The smallest absolute Gasteiger partial charge is 0.221 e. The van der Waals surface area contributed by atoms with Gasteiger partial charge < -0.3 is 10.1 Å². The predicted octanol–water partition coefficient (Wildman–Crippen LogP) is 2.77. The highest BCUT2D eigenvalue weighted by atomic mass is 16.5. The number of hydrogen-bond donors (Lipinski definition) is 1. The summed E-state index contributed by atoms with van der Waals surface area (Å²) in [4.78, 5) is 19.1. The lowest BCUT2D eigenvalue weighted by molar-refractivity contribution is -0.121. The molecule has 1 aromatic heterocycles. The Hall–Kier alpha value is -2.40. The van der Waals surface area contributed by atoms with Gasteiger partial charge in [-0.05, 0) is 19.4 Å². The van der Waals surface area contributed by atoms with Crippen LogP contribution in [0, 0.1) is 13.8 Å². The number of amides is 1. The number of carbonyl (C=O) groups is 1. The first-order chi connectivity index (χ1) is 12.1. The Labute approximate surface area is 149 Å². The number of benzene rings is 1. The summed E-state index contributed by atoms with van der Waals surface area (Å²) < 4.78 is 5.53. The molecule has 2 aromatic rings. The van der Waals surface area contributed by atoms with Crippen LogP contribution >= 0.6 is 0 Å². The first kappa shape index (κ1) is 17.4. The number of pyridine rings is 1. The van der Waals surface area contributed by atoms with Crippen LogP contribution in [0.3, 0.4) is 0 Å². The van der Waals surface area contributed by atoms with Crippen molar-refractivity contribution in [3.63, 3.8) is 0 Å². The number of methoxy groups -OCH3 is 1. The molecule has 5 nitrogen and oxygen atoms in total. The van der Waals surface area contributed by atoms with Crippen LogP contribution in [0.4, 0.5) is 0 Å². The molecule has 0 aliphatic carbocycles. The molecule has 132 valence electrons. The maximum absolute atomic E-state index is 12.1. The van der Waals surface area contributed by atoms with Crippen LogP contribution in [0.25, 0.3) is 0 Å². The van der Waals surface area contributed by atoms with E-state index in [2.05, 4.69) is 27.3 Å². The number of ether oxygens (including phenoxy) is 1. The molecule has 0 bridgehead atoms. The van der Waals surface area contributed by atoms with E-state index in [1.807, 2.05) is 38.2 Å². The van der Waals surface area contributed by atoms with Crippen LogP contribution in [-0.2, 0) is 11.3 Å². The van der Waals surface area contributed by atoms with Gasteiger partial charge in [0.05, 0.1) is 12.8 Å². The van der Waals surface area contributed by atoms with Crippen molar-refractivity contribution in [2.24, 2.45) is 0 Å². The fraction of sp³-hybridized carbons (Fsp3) is 0.400. The Morgan fingerprint density at radius 1 is 1.28 bits per heavy atom. The van der Waals surface area contributed by atoms with E-state index in [0.717, 1.165) is 34.7 Å². The van der Waals surface area contributed by atoms with Crippen LogP contribution in [0.15, 0.2) is 36.5 Å². The highest BCUT2D eigenvalue weighted by Crippen LogP contribution is 2.30. The molecular weight excluding hydrogens is 314 g/mol. The number of rotatable bonds is 4. The summed E-state index contributed by atoms with van der Waals surface area (Å²) in [6.07, 6.45) is 2.33. The molecule has 1 aliphatic rings. The number of carbonyl (C=O) groups excluding carboxylic acids is 1. The normalized spacial score (nSPS) is 18.5. The third kappa shape index (κ3) is 3.82. The van der Waals surface area contributed by atoms with E-state index in [4.69, 9.17) is 4.74 Å². The summed E-state index contributed by atoms with van der Waals surface area (Å²) in [6, 6.07) is 10.3. The lowest BCUT2D eigenvalue weighted by atomic mass is 10.0. The Bertz CT molecular complexity index is 746. The Morgan fingerprint density at radius 3 is 2.76 bits per heavy atom. The fourth-order valence-corrected chi connectivity index (χ4v) is 3.49. The number of nitrogens with zero attached hydrogens (tertiary/aromatic N) is 2. The lowest BCUT2D eigenvalue weighted by Gasteiger charge is -2.29. The van der Waals surface area contributed by atoms with E-state index in [0.29, 0.717) is 19.5 Å². The average Bonchev–Trinajstić information content (AvgIpc) is 2.80. The topological polar surface area (TPSA) is 54.5 Å². The lowest BCUT2D eigenvalue weighted by Crippen LogP contribution is -2.31. The van der Waals surface area contributed by atoms with Crippen LogP contribution in [0.1, 0.15) is 34.8 Å². The Balaban J connectivity index is 1.92. The molecule has 0 saturated carbocycles. The second kappa shape index (κ2) is 7.66. The average molecular weight is 339 g/mol. The molecule has 1 N–H and O–H groups in total. The molecule has 1 aromatic carbocycles. The van der Waals surface area contributed by atoms with E-state index < -0.39 is 0 Å². The number of aryl methyl sites for hydroxylation is 1. The maximum atomic E-state index is 12.1. The summed E-state index contributed by atoms with van der Waals surface area (Å²) in [6.45, 7) is 6.20. The zero-order chi connectivity index (χ0) is 17.8. The molecule has 0 spiro atoms. The minimum absolute atomic E-state index is 0.0530. The van der Waals surface area contributed by atoms with E-state index >= 15 is 0 Å². The van der Waals surface area contributed by atoms with E-state index in [1.165, 1.54) is 0 Å². The van der Waals surface area contributed by atoms with Gasteiger partial charge in [0.2, 0.25) is 5.91 Å². The molecule has 25 heavy (non-hydrogen) atoms. The molecule has 1 amide bonds. The zero-order valence-electron chi connectivity index (χ0n) is 15.1. The largest absolute Gasteiger partial charge is 0.496 e. The zero-order valence-corrected chi connectivity index (χ0v) is 15.1. The monoisotopic (exact) mass is 339 g/mol. The first-order valence-corrected chi connectivity index (χ1v) is 8.65. The van der Waals surface area contributed by atoms with Gasteiger partial charge >= 0.3 is 0 Å². The summed E-state index contributed by atoms with van der Waals surface area (Å²) >= 11 is 0. The fourth-order valence-electron chi connectivity index (χ4n) is 3.49. The number of nitrogens with one attached hydrogen (secondary N) is 1. The summed E-state index contributed by atoms with van der Waals surface area (Å²) in [7, 11) is 1.69. The van der Waals surface area contributed by atoms with Gasteiger partial charge in [0, 0.05) is 49.4 Å². The quantitative estimate of drug-likeness (QED) is 0.931. The van der Waals surface area contributed by atoms with Crippen LogP contribution in [-0.4, -0.2) is 36.0 Å². The van der Waals surface area contributed by atoms with Gasteiger partial charge in [0.15, 0.2) is 0 Å².